The molecule has 23 heavy (non-hydrogen) atoms. The van der Waals surface area contributed by atoms with Crippen molar-refractivity contribution in [2.24, 2.45) is 0 Å². The van der Waals surface area contributed by atoms with Gasteiger partial charge in [0.25, 0.3) is 0 Å². The van der Waals surface area contributed by atoms with E-state index < -0.39 is 0 Å². The molecule has 3 aromatic rings. The number of anilines is 1. The summed E-state index contributed by atoms with van der Waals surface area (Å²) in [4.78, 5) is 6.49. The Balaban J connectivity index is 1.80. The lowest BCUT2D eigenvalue weighted by atomic mass is 10.0. The lowest BCUT2D eigenvalue weighted by Crippen LogP contribution is -2.37. The van der Waals surface area contributed by atoms with Crippen molar-refractivity contribution in [3.05, 3.63) is 48.4 Å². The Morgan fingerprint density at radius 1 is 1.09 bits per heavy atom. The van der Waals surface area contributed by atoms with E-state index in [1.165, 1.54) is 5.56 Å². The molecule has 1 aliphatic heterocycles. The van der Waals surface area contributed by atoms with Gasteiger partial charge in [0.1, 0.15) is 0 Å². The first-order valence-electron chi connectivity index (χ1n) is 7.82. The van der Waals surface area contributed by atoms with Crippen LogP contribution in [-0.4, -0.2) is 41.5 Å². The van der Waals surface area contributed by atoms with Gasteiger partial charge < -0.3 is 9.64 Å². The molecule has 3 heterocycles. The quantitative estimate of drug-likeness (QED) is 0.728. The molecule has 0 bridgehead atoms. The number of fused-ring (bicyclic) bond motifs is 1. The van der Waals surface area contributed by atoms with Crippen molar-refractivity contribution in [3.63, 3.8) is 0 Å². The molecule has 0 saturated carbocycles. The van der Waals surface area contributed by atoms with Crippen LogP contribution in [0.25, 0.3) is 21.9 Å². The van der Waals surface area contributed by atoms with E-state index in [1.54, 1.807) is 0 Å². The van der Waals surface area contributed by atoms with Crippen LogP contribution in [-0.2, 0) is 4.74 Å². The summed E-state index contributed by atoms with van der Waals surface area (Å²) in [6.07, 6.45) is 5.56. The van der Waals surface area contributed by atoms with Crippen LogP contribution in [0.4, 0.5) is 5.82 Å². The average Bonchev–Trinajstić information content (AvgIpc) is 2.62. The Hall–Kier alpha value is -2.53. The fraction of sp³-hybridized carbons (Fsp3) is 0.278. The molecule has 1 fully saturated rings. The summed E-state index contributed by atoms with van der Waals surface area (Å²) in [5.41, 5.74) is 3.53. The first kappa shape index (κ1) is 14.1. The average molecular weight is 306 g/mol. The van der Waals surface area contributed by atoms with E-state index in [2.05, 4.69) is 45.2 Å². The molecule has 0 N–H and O–H groups in total. The molecule has 0 aliphatic carbocycles. The van der Waals surface area contributed by atoms with Crippen LogP contribution in [0.5, 0.6) is 0 Å². The zero-order valence-electron chi connectivity index (χ0n) is 13.1. The fourth-order valence-electron chi connectivity index (χ4n) is 3.02. The highest BCUT2D eigenvalue weighted by atomic mass is 16.5. The summed E-state index contributed by atoms with van der Waals surface area (Å²) in [6.45, 7) is 5.30. The Kier molecular flexibility index (Phi) is 3.63. The van der Waals surface area contributed by atoms with Crippen LogP contribution >= 0.6 is 0 Å². The summed E-state index contributed by atoms with van der Waals surface area (Å²) in [5.74, 6) is 0.945. The van der Waals surface area contributed by atoms with Gasteiger partial charge in [-0.15, -0.1) is 5.10 Å². The minimum absolute atomic E-state index is 0.741. The molecule has 1 saturated heterocycles. The van der Waals surface area contributed by atoms with Gasteiger partial charge in [0, 0.05) is 41.8 Å². The Bertz CT molecular complexity index is 843. The third-order valence-electron chi connectivity index (χ3n) is 4.30. The molecule has 2 aromatic heterocycles. The lowest BCUT2D eigenvalue weighted by Gasteiger charge is -2.28. The maximum atomic E-state index is 5.43. The Labute approximate surface area is 134 Å². The molecule has 0 radical (unpaired) electrons. The van der Waals surface area contributed by atoms with Gasteiger partial charge in [-0.2, -0.15) is 5.10 Å². The van der Waals surface area contributed by atoms with Crippen LogP contribution in [0.1, 0.15) is 5.56 Å². The van der Waals surface area contributed by atoms with Crippen LogP contribution in [0.15, 0.2) is 42.9 Å². The third-order valence-corrected chi connectivity index (χ3v) is 4.30. The topological polar surface area (TPSA) is 51.1 Å². The van der Waals surface area contributed by atoms with Gasteiger partial charge in [-0.05, 0) is 36.2 Å². The Morgan fingerprint density at radius 3 is 2.78 bits per heavy atom. The molecule has 0 unspecified atom stereocenters. The minimum atomic E-state index is 0.741. The maximum Gasteiger partial charge on any atom is 0.159 e. The highest BCUT2D eigenvalue weighted by molar-refractivity contribution is 5.94. The number of benzene rings is 1. The monoisotopic (exact) mass is 306 g/mol. The number of aromatic nitrogens is 3. The first-order valence-corrected chi connectivity index (χ1v) is 7.82. The molecule has 0 spiro atoms. The van der Waals surface area contributed by atoms with Crippen LogP contribution < -0.4 is 4.90 Å². The second-order valence-electron chi connectivity index (χ2n) is 5.76. The summed E-state index contributed by atoms with van der Waals surface area (Å²) in [5, 5.41) is 10.8. The largest absolute Gasteiger partial charge is 0.378 e. The van der Waals surface area contributed by atoms with E-state index in [9.17, 15) is 0 Å². The number of nitrogens with zero attached hydrogens (tertiary/aromatic N) is 4. The highest BCUT2D eigenvalue weighted by Gasteiger charge is 2.16. The summed E-state index contributed by atoms with van der Waals surface area (Å²) in [7, 11) is 0. The number of ether oxygens (including phenoxy) is 1. The zero-order valence-corrected chi connectivity index (χ0v) is 13.1. The predicted molar refractivity (Wildman–Crippen MR) is 90.5 cm³/mol. The van der Waals surface area contributed by atoms with Crippen molar-refractivity contribution in [1.82, 2.24) is 15.2 Å². The van der Waals surface area contributed by atoms with Crippen LogP contribution in [0.3, 0.4) is 0 Å². The third kappa shape index (κ3) is 2.64. The number of rotatable bonds is 2. The summed E-state index contributed by atoms with van der Waals surface area (Å²) >= 11 is 0. The second-order valence-corrected chi connectivity index (χ2v) is 5.76. The minimum Gasteiger partial charge on any atom is -0.378 e. The number of hydrogen-bond donors (Lipinski definition) is 0. The van der Waals surface area contributed by atoms with Crippen LogP contribution in [0, 0.1) is 6.92 Å². The second kappa shape index (κ2) is 5.93. The van der Waals surface area contributed by atoms with Crippen molar-refractivity contribution in [3.8, 4) is 11.1 Å². The summed E-state index contributed by atoms with van der Waals surface area (Å²) in [6, 6.07) is 8.47. The first-order chi connectivity index (χ1) is 11.3. The van der Waals surface area contributed by atoms with E-state index >= 15 is 0 Å². The smallest absolute Gasteiger partial charge is 0.159 e. The van der Waals surface area contributed by atoms with Crippen LogP contribution in [0.2, 0.25) is 0 Å². The van der Waals surface area contributed by atoms with Crippen molar-refractivity contribution >= 4 is 16.6 Å². The van der Waals surface area contributed by atoms with Gasteiger partial charge in [0.05, 0.1) is 19.4 Å². The predicted octanol–water partition coefficient (Wildman–Crippen LogP) is 2.84. The normalized spacial score (nSPS) is 15.1. The van der Waals surface area contributed by atoms with Crippen molar-refractivity contribution in [2.75, 3.05) is 31.2 Å². The number of aryl methyl sites for hydroxylation is 1. The van der Waals surface area contributed by atoms with Gasteiger partial charge in [-0.1, -0.05) is 6.07 Å². The number of pyridine rings is 1. The van der Waals surface area contributed by atoms with E-state index in [4.69, 9.17) is 4.74 Å². The van der Waals surface area contributed by atoms with Gasteiger partial charge >= 0.3 is 0 Å². The van der Waals surface area contributed by atoms with Gasteiger partial charge in [-0.25, -0.2) is 0 Å². The number of hydrogen-bond acceptors (Lipinski definition) is 5. The van der Waals surface area contributed by atoms with E-state index in [1.807, 2.05) is 24.7 Å². The maximum absolute atomic E-state index is 5.43. The van der Waals surface area contributed by atoms with E-state index in [0.29, 0.717) is 0 Å². The molecule has 1 aliphatic rings. The Morgan fingerprint density at radius 2 is 1.96 bits per heavy atom. The molecule has 4 rings (SSSR count). The zero-order chi connectivity index (χ0) is 15.6. The molecule has 116 valence electrons. The number of morpholine rings is 1. The highest BCUT2D eigenvalue weighted by Crippen LogP contribution is 2.29. The van der Waals surface area contributed by atoms with E-state index in [0.717, 1.165) is 54.0 Å². The molecule has 0 amide bonds. The van der Waals surface area contributed by atoms with Gasteiger partial charge in [-0.3, -0.25) is 4.98 Å². The van der Waals surface area contributed by atoms with E-state index in [-0.39, 0.29) is 0 Å². The van der Waals surface area contributed by atoms with Crippen molar-refractivity contribution < 1.29 is 4.74 Å². The molecule has 5 heteroatoms. The van der Waals surface area contributed by atoms with Gasteiger partial charge in [0.15, 0.2) is 5.82 Å². The fourth-order valence-corrected chi connectivity index (χ4v) is 3.02. The van der Waals surface area contributed by atoms with Crippen molar-refractivity contribution in [1.29, 1.82) is 0 Å². The molecular formula is C18H18N4O. The molecular weight excluding hydrogens is 288 g/mol. The lowest BCUT2D eigenvalue weighted by molar-refractivity contribution is 0.122. The van der Waals surface area contributed by atoms with Gasteiger partial charge in [0.2, 0.25) is 0 Å². The molecule has 5 nitrogen and oxygen atoms in total. The molecule has 1 aromatic carbocycles. The standard InChI is InChI=1S/C18H18N4O/c1-13-4-5-19-12-17(13)14-2-3-16-15(10-14)11-20-21-18(16)22-6-8-23-9-7-22/h2-5,10-12H,6-9H2,1H3. The SMILES string of the molecule is Cc1ccncc1-c1ccc2c(N3CCOCC3)nncc2c1. The summed E-state index contributed by atoms with van der Waals surface area (Å²) < 4.78 is 5.43. The van der Waals surface area contributed by atoms with Crippen molar-refractivity contribution in [2.45, 2.75) is 6.92 Å². The molecule has 0 atom stereocenters.